The lowest BCUT2D eigenvalue weighted by Gasteiger charge is -2.01. The summed E-state index contributed by atoms with van der Waals surface area (Å²) in [6, 6.07) is 12.5. The fourth-order valence-electron chi connectivity index (χ4n) is 3.93. The molecule has 0 aliphatic rings. The average molecular weight is 408 g/mol. The zero-order valence-electron chi connectivity index (χ0n) is 18.7. The molecule has 30 heavy (non-hydrogen) atoms. The number of unbranched alkanes of at least 4 members (excludes halogenated alkanes) is 9. The third kappa shape index (κ3) is 6.51. The van der Waals surface area contributed by atoms with Crippen LogP contribution in [-0.2, 0) is 0 Å². The van der Waals surface area contributed by atoms with Crippen LogP contribution in [0.5, 0.6) is 5.75 Å². The number of fused-ring (bicyclic) bond motifs is 1. The molecule has 0 saturated carbocycles. The van der Waals surface area contributed by atoms with Gasteiger partial charge in [0.15, 0.2) is 0 Å². The monoisotopic (exact) mass is 407 g/mol. The minimum Gasteiger partial charge on any atom is -0.494 e. The first-order valence-electron chi connectivity index (χ1n) is 11.7. The lowest BCUT2D eigenvalue weighted by atomic mass is 10.1. The third-order valence-electron chi connectivity index (χ3n) is 5.71. The number of aliphatic imine (C=N–C) groups is 1. The van der Waals surface area contributed by atoms with Crippen molar-refractivity contribution in [2.75, 3.05) is 13.7 Å². The molecule has 162 valence electrons. The molecule has 0 fully saturated rings. The van der Waals surface area contributed by atoms with E-state index in [-0.39, 0.29) is 0 Å². The summed E-state index contributed by atoms with van der Waals surface area (Å²) in [5.74, 6) is 0.829. The molecule has 0 amide bonds. The van der Waals surface area contributed by atoms with E-state index >= 15 is 0 Å². The zero-order valence-corrected chi connectivity index (χ0v) is 18.7. The van der Waals surface area contributed by atoms with Crippen molar-refractivity contribution in [3.8, 4) is 17.1 Å². The van der Waals surface area contributed by atoms with Crippen molar-refractivity contribution in [2.24, 2.45) is 4.99 Å². The van der Waals surface area contributed by atoms with Gasteiger partial charge in [-0.3, -0.25) is 4.99 Å². The number of aromatic nitrogens is 2. The number of H-pyrrole nitrogens is 2. The predicted octanol–water partition coefficient (Wildman–Crippen LogP) is 7.51. The molecule has 4 heteroatoms. The fraction of sp³-hybridized carbons (Fsp3) is 0.500. The van der Waals surface area contributed by atoms with Crippen molar-refractivity contribution in [1.82, 2.24) is 9.97 Å². The summed E-state index contributed by atoms with van der Waals surface area (Å²) in [7, 11) is 1.71. The highest BCUT2D eigenvalue weighted by molar-refractivity contribution is 5.88. The molecule has 4 nitrogen and oxygen atoms in total. The zero-order chi connectivity index (χ0) is 21.0. The molecule has 3 rings (SSSR count). The minimum absolute atomic E-state index is 0.829. The van der Waals surface area contributed by atoms with Gasteiger partial charge in [-0.25, -0.2) is 0 Å². The number of methoxy groups -OCH3 is 1. The largest absolute Gasteiger partial charge is 0.494 e. The summed E-state index contributed by atoms with van der Waals surface area (Å²) in [4.78, 5) is 11.5. The molecule has 0 saturated heterocycles. The van der Waals surface area contributed by atoms with Gasteiger partial charge >= 0.3 is 0 Å². The van der Waals surface area contributed by atoms with Gasteiger partial charge in [-0.15, -0.1) is 0 Å². The lowest BCUT2D eigenvalue weighted by Crippen LogP contribution is -1.90. The van der Waals surface area contributed by atoms with Crippen molar-refractivity contribution in [1.29, 1.82) is 0 Å². The van der Waals surface area contributed by atoms with Crippen LogP contribution in [0.3, 0.4) is 0 Å². The topological polar surface area (TPSA) is 53.2 Å². The average Bonchev–Trinajstić information content (AvgIpc) is 3.38. The van der Waals surface area contributed by atoms with Crippen molar-refractivity contribution in [3.63, 3.8) is 0 Å². The minimum atomic E-state index is 0.829. The van der Waals surface area contributed by atoms with E-state index in [0.29, 0.717) is 0 Å². The summed E-state index contributed by atoms with van der Waals surface area (Å²) >= 11 is 0. The molecule has 0 spiro atoms. The number of aromatic amines is 2. The van der Waals surface area contributed by atoms with Gasteiger partial charge in [0.25, 0.3) is 0 Å². The molecule has 2 heterocycles. The highest BCUT2D eigenvalue weighted by Crippen LogP contribution is 2.28. The number of para-hydroxylation sites is 1. The maximum absolute atomic E-state index is 5.54. The van der Waals surface area contributed by atoms with Crippen LogP contribution in [0.25, 0.3) is 22.3 Å². The maximum Gasteiger partial charge on any atom is 0.146 e. The Labute approximate surface area is 181 Å². The second-order valence-electron chi connectivity index (χ2n) is 8.15. The Morgan fingerprint density at radius 2 is 1.50 bits per heavy atom. The van der Waals surface area contributed by atoms with Crippen LogP contribution in [0.1, 0.15) is 76.8 Å². The van der Waals surface area contributed by atoms with Crippen LogP contribution in [0, 0.1) is 0 Å². The van der Waals surface area contributed by atoms with Gasteiger partial charge in [0, 0.05) is 29.7 Å². The Morgan fingerprint density at radius 1 is 0.833 bits per heavy atom. The third-order valence-corrected chi connectivity index (χ3v) is 5.71. The summed E-state index contributed by atoms with van der Waals surface area (Å²) < 4.78 is 5.54. The molecule has 2 aromatic heterocycles. The van der Waals surface area contributed by atoms with Crippen molar-refractivity contribution >= 4 is 17.1 Å². The second kappa shape index (κ2) is 12.3. The standard InChI is InChI=1S/C26H37N3O/c1-3-4-5-6-7-8-9-10-11-14-17-27-20-25-26(30-2)19-24(29-25)23-18-21-15-12-13-16-22(21)28-23/h12-13,15-16,18-20,28-29H,3-11,14,17H2,1-2H3. The Balaban J connectivity index is 1.41. The Bertz CT molecular complexity index is 873. The summed E-state index contributed by atoms with van der Waals surface area (Å²) in [5.41, 5.74) is 4.14. The number of hydrogen-bond donors (Lipinski definition) is 2. The number of rotatable bonds is 14. The van der Waals surface area contributed by atoms with Gasteiger partial charge in [0.05, 0.1) is 24.2 Å². The molecular weight excluding hydrogens is 370 g/mol. The van der Waals surface area contributed by atoms with Crippen LogP contribution in [-0.4, -0.2) is 29.8 Å². The molecule has 0 aliphatic heterocycles. The van der Waals surface area contributed by atoms with Crippen LogP contribution in [0.15, 0.2) is 41.4 Å². The molecule has 3 aromatic rings. The quantitative estimate of drug-likeness (QED) is 0.211. The smallest absolute Gasteiger partial charge is 0.146 e. The SMILES string of the molecule is CCCCCCCCCCCCN=Cc1[nH]c(-c2cc3ccccc3[nH]2)cc1OC. The van der Waals surface area contributed by atoms with E-state index in [0.717, 1.165) is 41.3 Å². The number of hydrogen-bond acceptors (Lipinski definition) is 2. The van der Waals surface area contributed by atoms with E-state index in [1.54, 1.807) is 7.11 Å². The van der Waals surface area contributed by atoms with Crippen LogP contribution in [0.4, 0.5) is 0 Å². The molecule has 0 unspecified atom stereocenters. The first-order chi connectivity index (χ1) is 14.8. The molecule has 2 N–H and O–H groups in total. The Kier molecular flexibility index (Phi) is 9.07. The molecule has 0 radical (unpaired) electrons. The first-order valence-corrected chi connectivity index (χ1v) is 11.7. The van der Waals surface area contributed by atoms with Crippen molar-refractivity contribution in [2.45, 2.75) is 71.1 Å². The molecule has 0 aliphatic carbocycles. The molecular formula is C26H37N3O. The molecule has 1 aromatic carbocycles. The summed E-state index contributed by atoms with van der Waals surface area (Å²) in [5, 5.41) is 1.21. The lowest BCUT2D eigenvalue weighted by molar-refractivity contribution is 0.415. The predicted molar refractivity (Wildman–Crippen MR) is 129 cm³/mol. The number of benzene rings is 1. The molecule has 0 atom stereocenters. The maximum atomic E-state index is 5.54. The summed E-state index contributed by atoms with van der Waals surface area (Å²) in [6.45, 7) is 3.15. The number of nitrogens with zero attached hydrogens (tertiary/aromatic N) is 1. The van der Waals surface area contributed by atoms with Crippen LogP contribution < -0.4 is 4.74 Å². The number of nitrogens with one attached hydrogen (secondary N) is 2. The van der Waals surface area contributed by atoms with Crippen molar-refractivity contribution in [3.05, 3.63) is 42.1 Å². The van der Waals surface area contributed by atoms with E-state index in [2.05, 4.69) is 46.1 Å². The van der Waals surface area contributed by atoms with E-state index in [1.165, 1.54) is 63.2 Å². The highest BCUT2D eigenvalue weighted by atomic mass is 16.5. The van der Waals surface area contributed by atoms with Crippen LogP contribution in [0.2, 0.25) is 0 Å². The normalized spacial score (nSPS) is 11.7. The van der Waals surface area contributed by atoms with Gasteiger partial charge in [-0.1, -0.05) is 82.9 Å². The van der Waals surface area contributed by atoms with Gasteiger partial charge in [0.2, 0.25) is 0 Å². The van der Waals surface area contributed by atoms with E-state index in [1.807, 2.05) is 18.3 Å². The van der Waals surface area contributed by atoms with Gasteiger partial charge in [0.1, 0.15) is 5.75 Å². The number of ether oxygens (including phenoxy) is 1. The van der Waals surface area contributed by atoms with Gasteiger partial charge in [-0.05, 0) is 18.6 Å². The van der Waals surface area contributed by atoms with Gasteiger partial charge in [-0.2, -0.15) is 0 Å². The molecule has 0 bridgehead atoms. The first kappa shape index (κ1) is 22.2. The van der Waals surface area contributed by atoms with E-state index in [4.69, 9.17) is 4.74 Å². The van der Waals surface area contributed by atoms with E-state index < -0.39 is 0 Å². The summed E-state index contributed by atoms with van der Waals surface area (Å²) in [6.07, 6.45) is 15.4. The van der Waals surface area contributed by atoms with Crippen molar-refractivity contribution < 1.29 is 4.74 Å². The van der Waals surface area contributed by atoms with E-state index in [9.17, 15) is 0 Å². The fourth-order valence-corrected chi connectivity index (χ4v) is 3.93. The second-order valence-corrected chi connectivity index (χ2v) is 8.15. The Morgan fingerprint density at radius 3 is 2.20 bits per heavy atom. The highest BCUT2D eigenvalue weighted by Gasteiger charge is 2.10. The van der Waals surface area contributed by atoms with Gasteiger partial charge < -0.3 is 14.7 Å². The van der Waals surface area contributed by atoms with Crippen LogP contribution >= 0.6 is 0 Å². The Hall–Kier alpha value is -2.49.